The summed E-state index contributed by atoms with van der Waals surface area (Å²) in [6.45, 7) is 6.39. The van der Waals surface area contributed by atoms with Crippen molar-refractivity contribution in [2.24, 2.45) is 0 Å². The summed E-state index contributed by atoms with van der Waals surface area (Å²) in [6.07, 6.45) is 3.50. The predicted octanol–water partition coefficient (Wildman–Crippen LogP) is 3.61. The van der Waals surface area contributed by atoms with Crippen molar-refractivity contribution in [1.82, 2.24) is 20.1 Å². The second-order valence-corrected chi connectivity index (χ2v) is 6.97. The molecular formula is C12H12N4OS2. The maximum absolute atomic E-state index is 5.28. The van der Waals surface area contributed by atoms with E-state index in [0.717, 1.165) is 14.9 Å². The highest BCUT2D eigenvalue weighted by Gasteiger charge is 2.21. The molecule has 0 fully saturated rings. The first-order chi connectivity index (χ1) is 9.04. The quantitative estimate of drug-likeness (QED) is 0.722. The second kappa shape index (κ2) is 4.50. The van der Waals surface area contributed by atoms with Crippen molar-refractivity contribution in [2.75, 3.05) is 0 Å². The van der Waals surface area contributed by atoms with Gasteiger partial charge in [0.15, 0.2) is 5.01 Å². The van der Waals surface area contributed by atoms with Crippen molar-refractivity contribution in [3.8, 4) is 21.6 Å². The van der Waals surface area contributed by atoms with Gasteiger partial charge in [0, 0.05) is 17.0 Å². The van der Waals surface area contributed by atoms with Crippen LogP contribution in [-0.4, -0.2) is 20.1 Å². The number of rotatable bonds is 2. The monoisotopic (exact) mass is 292 g/mol. The first kappa shape index (κ1) is 12.4. The van der Waals surface area contributed by atoms with Crippen LogP contribution in [-0.2, 0) is 5.41 Å². The van der Waals surface area contributed by atoms with Crippen molar-refractivity contribution in [1.29, 1.82) is 0 Å². The van der Waals surface area contributed by atoms with Crippen LogP contribution in [0.5, 0.6) is 0 Å². The highest BCUT2D eigenvalue weighted by molar-refractivity contribution is 7.15. The molecule has 3 aromatic rings. The van der Waals surface area contributed by atoms with Gasteiger partial charge in [0.05, 0.1) is 11.2 Å². The van der Waals surface area contributed by atoms with Gasteiger partial charge >= 0.3 is 0 Å². The minimum absolute atomic E-state index is 0.0288. The topological polar surface area (TPSA) is 64.7 Å². The van der Waals surface area contributed by atoms with Crippen molar-refractivity contribution < 1.29 is 4.52 Å². The molecule has 0 aromatic carbocycles. The smallest absolute Gasteiger partial charge is 0.270 e. The van der Waals surface area contributed by atoms with E-state index < -0.39 is 0 Å². The van der Waals surface area contributed by atoms with Crippen LogP contribution >= 0.6 is 22.7 Å². The molecular weight excluding hydrogens is 280 g/mol. The van der Waals surface area contributed by atoms with Crippen LogP contribution in [0.4, 0.5) is 0 Å². The van der Waals surface area contributed by atoms with Crippen molar-refractivity contribution in [2.45, 2.75) is 26.2 Å². The van der Waals surface area contributed by atoms with E-state index >= 15 is 0 Å². The molecule has 19 heavy (non-hydrogen) atoms. The Kier molecular flexibility index (Phi) is 2.94. The fourth-order valence-corrected chi connectivity index (χ4v) is 2.92. The van der Waals surface area contributed by atoms with E-state index in [2.05, 4.69) is 40.9 Å². The summed E-state index contributed by atoms with van der Waals surface area (Å²) >= 11 is 3.06. The molecule has 0 saturated carbocycles. The van der Waals surface area contributed by atoms with Gasteiger partial charge < -0.3 is 4.52 Å². The Bertz CT molecular complexity index is 679. The van der Waals surface area contributed by atoms with Crippen LogP contribution in [0.2, 0.25) is 0 Å². The highest BCUT2D eigenvalue weighted by atomic mass is 32.1. The maximum atomic E-state index is 5.28. The largest absolute Gasteiger partial charge is 0.333 e. The van der Waals surface area contributed by atoms with E-state index in [1.165, 1.54) is 11.3 Å². The predicted molar refractivity (Wildman–Crippen MR) is 75.2 cm³/mol. The minimum atomic E-state index is 0.0288. The van der Waals surface area contributed by atoms with Crippen LogP contribution < -0.4 is 0 Å². The molecule has 0 N–H and O–H groups in total. The molecule has 0 bridgehead atoms. The average molecular weight is 292 g/mol. The molecule has 0 amide bonds. The molecule has 0 unspecified atom stereocenters. The average Bonchev–Trinajstić information content (AvgIpc) is 3.10. The molecule has 98 valence electrons. The Hall–Kier alpha value is -1.60. The third-order valence-corrected chi connectivity index (χ3v) is 4.59. The summed E-state index contributed by atoms with van der Waals surface area (Å²) < 4.78 is 5.28. The lowest BCUT2D eigenvalue weighted by Crippen LogP contribution is -2.09. The van der Waals surface area contributed by atoms with Crippen LogP contribution in [0, 0.1) is 0 Å². The van der Waals surface area contributed by atoms with Crippen LogP contribution in [0.1, 0.15) is 25.8 Å². The molecule has 0 spiro atoms. The SMILES string of the molecule is CC(C)(C)c1ncc(-c2nc(-c3nccs3)no2)s1. The van der Waals surface area contributed by atoms with Crippen molar-refractivity contribution >= 4 is 22.7 Å². The van der Waals surface area contributed by atoms with E-state index in [1.807, 2.05) is 5.38 Å². The van der Waals surface area contributed by atoms with Gasteiger partial charge in [0.25, 0.3) is 5.89 Å². The lowest BCUT2D eigenvalue weighted by atomic mass is 9.98. The number of hydrogen-bond acceptors (Lipinski definition) is 7. The standard InChI is InChI=1S/C12H12N4OS2/c1-12(2,3)11-14-6-7(19-11)9-15-8(16-17-9)10-13-4-5-18-10/h4-6H,1-3H3. The fraction of sp³-hybridized carbons (Fsp3) is 0.333. The Balaban J connectivity index is 1.93. The summed E-state index contributed by atoms with van der Waals surface area (Å²) in [6, 6.07) is 0. The first-order valence-electron chi connectivity index (χ1n) is 5.74. The van der Waals surface area contributed by atoms with E-state index in [1.54, 1.807) is 23.7 Å². The lowest BCUT2D eigenvalue weighted by molar-refractivity contribution is 0.433. The second-order valence-electron chi connectivity index (χ2n) is 5.04. The Labute approximate surface area is 118 Å². The summed E-state index contributed by atoms with van der Waals surface area (Å²) in [5, 5.41) is 7.64. The molecule has 0 radical (unpaired) electrons. The zero-order valence-corrected chi connectivity index (χ0v) is 12.4. The van der Waals surface area contributed by atoms with Gasteiger partial charge in [0.2, 0.25) is 5.82 Å². The first-order valence-corrected chi connectivity index (χ1v) is 7.44. The Morgan fingerprint density at radius 1 is 1.21 bits per heavy atom. The number of nitrogens with zero attached hydrogens (tertiary/aromatic N) is 4. The molecule has 0 aliphatic heterocycles. The summed E-state index contributed by atoms with van der Waals surface area (Å²) in [5.74, 6) is 1.02. The van der Waals surface area contributed by atoms with Crippen LogP contribution in [0.25, 0.3) is 21.6 Å². The summed E-state index contributed by atoms with van der Waals surface area (Å²) in [4.78, 5) is 13.8. The van der Waals surface area contributed by atoms with Gasteiger partial charge in [-0.3, -0.25) is 0 Å². The molecule has 5 nitrogen and oxygen atoms in total. The zero-order chi connectivity index (χ0) is 13.5. The molecule has 3 rings (SSSR count). The zero-order valence-electron chi connectivity index (χ0n) is 10.7. The fourth-order valence-electron chi connectivity index (χ4n) is 1.46. The van der Waals surface area contributed by atoms with Crippen molar-refractivity contribution in [3.05, 3.63) is 22.8 Å². The van der Waals surface area contributed by atoms with Gasteiger partial charge in [-0.15, -0.1) is 22.7 Å². The molecule has 3 aromatic heterocycles. The van der Waals surface area contributed by atoms with Gasteiger partial charge in [-0.2, -0.15) is 4.98 Å². The van der Waals surface area contributed by atoms with Gasteiger partial charge in [-0.1, -0.05) is 25.9 Å². The number of thiazole rings is 2. The molecule has 0 saturated heterocycles. The molecule has 3 heterocycles. The van der Waals surface area contributed by atoms with Gasteiger partial charge in [-0.25, -0.2) is 9.97 Å². The Morgan fingerprint density at radius 3 is 2.68 bits per heavy atom. The minimum Gasteiger partial charge on any atom is -0.333 e. The van der Waals surface area contributed by atoms with E-state index in [0.29, 0.717) is 11.7 Å². The molecule has 0 atom stereocenters. The maximum Gasteiger partial charge on any atom is 0.270 e. The van der Waals surface area contributed by atoms with Gasteiger partial charge in [0.1, 0.15) is 4.88 Å². The summed E-state index contributed by atoms with van der Waals surface area (Å²) in [7, 11) is 0. The number of hydrogen-bond donors (Lipinski definition) is 0. The Morgan fingerprint density at radius 2 is 2.05 bits per heavy atom. The van der Waals surface area contributed by atoms with Crippen LogP contribution in [0.3, 0.4) is 0 Å². The third kappa shape index (κ3) is 2.43. The van der Waals surface area contributed by atoms with Crippen LogP contribution in [0.15, 0.2) is 22.3 Å². The third-order valence-electron chi connectivity index (χ3n) is 2.41. The van der Waals surface area contributed by atoms with Crippen molar-refractivity contribution in [3.63, 3.8) is 0 Å². The molecule has 7 heteroatoms. The van der Waals surface area contributed by atoms with E-state index in [-0.39, 0.29) is 5.41 Å². The number of aromatic nitrogens is 4. The van der Waals surface area contributed by atoms with E-state index in [9.17, 15) is 0 Å². The van der Waals surface area contributed by atoms with E-state index in [4.69, 9.17) is 4.52 Å². The normalized spacial score (nSPS) is 11.9. The van der Waals surface area contributed by atoms with Gasteiger partial charge in [-0.05, 0) is 0 Å². The molecule has 0 aliphatic carbocycles. The summed E-state index contributed by atoms with van der Waals surface area (Å²) in [5.41, 5.74) is 0.0288. The lowest BCUT2D eigenvalue weighted by Gasteiger charge is -2.13. The molecule has 0 aliphatic rings. The highest BCUT2D eigenvalue weighted by Crippen LogP contribution is 2.32.